The van der Waals surface area contributed by atoms with Crippen molar-refractivity contribution in [3.8, 4) is 67.4 Å². The van der Waals surface area contributed by atoms with E-state index in [9.17, 15) is 0 Å². The number of hydrogen-bond acceptors (Lipinski definition) is 4. The molecule has 3 aromatic heterocycles. The third-order valence-corrected chi connectivity index (χ3v) is 12.1. The fourth-order valence-electron chi connectivity index (χ4n) is 8.04. The molecule has 0 N–H and O–H groups in total. The van der Waals surface area contributed by atoms with Gasteiger partial charge in [-0.05, 0) is 46.5 Å². The van der Waals surface area contributed by atoms with Crippen molar-refractivity contribution in [2.75, 3.05) is 0 Å². The highest BCUT2D eigenvalue weighted by molar-refractivity contribution is 7.26. The molecule has 8 aromatic carbocycles. The topological polar surface area (TPSA) is 38.7 Å². The van der Waals surface area contributed by atoms with Crippen LogP contribution in [0.15, 0.2) is 200 Å². The molecule has 0 fully saturated rings. The Morgan fingerprint density at radius 2 is 0.860 bits per heavy atom. The molecule has 11 aromatic rings. The van der Waals surface area contributed by atoms with Crippen LogP contribution in [0.25, 0.3) is 109 Å². The van der Waals surface area contributed by atoms with Gasteiger partial charge in [0.05, 0.1) is 22.6 Å². The van der Waals surface area contributed by atoms with Crippen LogP contribution in [0.3, 0.4) is 0 Å². The second-order valence-electron chi connectivity index (χ2n) is 14.4. The Hall–Kier alpha value is -7.27. The summed E-state index contributed by atoms with van der Waals surface area (Å²) in [5.41, 5.74) is 12.6. The maximum Gasteiger partial charge on any atom is 0.160 e. The van der Waals surface area contributed by atoms with Crippen molar-refractivity contribution < 1.29 is 0 Å². The van der Waals surface area contributed by atoms with E-state index < -0.39 is 0 Å². The van der Waals surface area contributed by atoms with E-state index in [2.05, 4.69) is 176 Å². The van der Waals surface area contributed by atoms with Gasteiger partial charge in [0, 0.05) is 58.6 Å². The van der Waals surface area contributed by atoms with Gasteiger partial charge in [-0.2, -0.15) is 0 Å². The SMILES string of the molecule is c1ccc(-c2cccc(-c3cc(-c4ccc(-c5ccc(-c6nc7ccccc7c7c6ccc6c8ccccc8sc67)cc5)cc4)nc(-c4ccccc4)n3)c2)cc1. The molecular formula is C53H33N3S. The minimum Gasteiger partial charge on any atom is -0.247 e. The summed E-state index contributed by atoms with van der Waals surface area (Å²) in [5.74, 6) is 0.704. The summed E-state index contributed by atoms with van der Waals surface area (Å²) in [4.78, 5) is 15.4. The second kappa shape index (κ2) is 13.8. The molecule has 0 saturated carbocycles. The number of benzene rings is 8. The van der Waals surface area contributed by atoms with Crippen LogP contribution in [0.2, 0.25) is 0 Å². The fourth-order valence-corrected chi connectivity index (χ4v) is 9.30. The molecule has 0 aliphatic carbocycles. The van der Waals surface area contributed by atoms with Gasteiger partial charge in [0.1, 0.15) is 0 Å². The van der Waals surface area contributed by atoms with E-state index in [0.717, 1.165) is 61.5 Å². The minimum atomic E-state index is 0.704. The lowest BCUT2D eigenvalue weighted by Gasteiger charge is -2.12. The van der Waals surface area contributed by atoms with Crippen molar-refractivity contribution in [2.45, 2.75) is 0 Å². The summed E-state index contributed by atoms with van der Waals surface area (Å²) in [6.45, 7) is 0. The normalized spacial score (nSPS) is 11.5. The molecule has 0 aliphatic heterocycles. The molecule has 0 amide bonds. The van der Waals surface area contributed by atoms with Gasteiger partial charge in [0.2, 0.25) is 0 Å². The molecule has 0 unspecified atom stereocenters. The van der Waals surface area contributed by atoms with E-state index in [1.54, 1.807) is 0 Å². The Bertz CT molecular complexity index is 3260. The third-order valence-electron chi connectivity index (χ3n) is 10.9. The molecule has 11 rings (SSSR count). The predicted octanol–water partition coefficient (Wildman–Crippen LogP) is 14.5. The summed E-state index contributed by atoms with van der Waals surface area (Å²) in [6, 6.07) is 70.7. The molecule has 266 valence electrons. The lowest BCUT2D eigenvalue weighted by atomic mass is 9.96. The lowest BCUT2D eigenvalue weighted by Crippen LogP contribution is -1.96. The van der Waals surface area contributed by atoms with Crippen molar-refractivity contribution in [1.29, 1.82) is 0 Å². The zero-order valence-electron chi connectivity index (χ0n) is 30.8. The van der Waals surface area contributed by atoms with Gasteiger partial charge in [-0.3, -0.25) is 0 Å². The zero-order chi connectivity index (χ0) is 37.7. The van der Waals surface area contributed by atoms with Crippen molar-refractivity contribution >= 4 is 53.2 Å². The molecule has 57 heavy (non-hydrogen) atoms. The zero-order valence-corrected chi connectivity index (χ0v) is 31.6. The Balaban J connectivity index is 0.955. The molecule has 0 bridgehead atoms. The largest absolute Gasteiger partial charge is 0.247 e. The van der Waals surface area contributed by atoms with Crippen molar-refractivity contribution in [2.24, 2.45) is 0 Å². The first kappa shape index (κ1) is 33.1. The summed E-state index contributed by atoms with van der Waals surface area (Å²) in [7, 11) is 0. The maximum absolute atomic E-state index is 5.25. The van der Waals surface area contributed by atoms with Gasteiger partial charge in [0.15, 0.2) is 5.82 Å². The quantitative estimate of drug-likeness (QED) is 0.159. The average Bonchev–Trinajstić information content (AvgIpc) is 3.68. The number of hydrogen-bond donors (Lipinski definition) is 0. The second-order valence-corrected chi connectivity index (χ2v) is 15.4. The molecule has 0 radical (unpaired) electrons. The average molecular weight is 744 g/mol. The number of para-hydroxylation sites is 1. The third kappa shape index (κ3) is 5.95. The first-order valence-corrected chi connectivity index (χ1v) is 20.0. The standard InChI is InChI=1S/C53H33N3S/c1-3-12-34(13-4-1)40-16-11-17-41(32-40)48-33-47(55-53(56-48)39-14-5-2-6-15-39)37-26-22-35(23-27-37)36-24-28-38(29-25-36)51-45-31-30-43-42-18-8-10-21-49(42)57-52(43)50(45)44-19-7-9-20-46(44)54-51/h1-33H. The van der Waals surface area contributed by atoms with Crippen LogP contribution in [0, 0.1) is 0 Å². The van der Waals surface area contributed by atoms with E-state index in [0.29, 0.717) is 5.82 Å². The molecule has 0 atom stereocenters. The summed E-state index contributed by atoms with van der Waals surface area (Å²) in [5, 5.41) is 6.26. The molecule has 3 nitrogen and oxygen atoms in total. The number of aromatic nitrogens is 3. The molecular weight excluding hydrogens is 711 g/mol. The van der Waals surface area contributed by atoms with E-state index in [4.69, 9.17) is 15.0 Å². The maximum atomic E-state index is 5.25. The summed E-state index contributed by atoms with van der Waals surface area (Å²) in [6.07, 6.45) is 0. The predicted molar refractivity (Wildman–Crippen MR) is 240 cm³/mol. The number of rotatable bonds is 6. The molecule has 3 heterocycles. The highest BCUT2D eigenvalue weighted by atomic mass is 32.1. The Kier molecular flexibility index (Phi) is 8.01. The summed E-state index contributed by atoms with van der Waals surface area (Å²) >= 11 is 1.87. The van der Waals surface area contributed by atoms with Gasteiger partial charge in [-0.15, -0.1) is 11.3 Å². The minimum absolute atomic E-state index is 0.704. The monoisotopic (exact) mass is 743 g/mol. The fraction of sp³-hybridized carbons (Fsp3) is 0. The number of pyridine rings is 1. The van der Waals surface area contributed by atoms with Crippen LogP contribution in [-0.2, 0) is 0 Å². The van der Waals surface area contributed by atoms with E-state index in [1.165, 1.54) is 41.9 Å². The van der Waals surface area contributed by atoms with Crippen LogP contribution in [0.5, 0.6) is 0 Å². The van der Waals surface area contributed by atoms with Gasteiger partial charge in [-0.25, -0.2) is 15.0 Å². The number of nitrogens with zero attached hydrogens (tertiary/aromatic N) is 3. The van der Waals surface area contributed by atoms with Crippen LogP contribution in [-0.4, -0.2) is 15.0 Å². The van der Waals surface area contributed by atoms with Crippen LogP contribution in [0.4, 0.5) is 0 Å². The van der Waals surface area contributed by atoms with Crippen molar-refractivity contribution in [3.63, 3.8) is 0 Å². The Labute approximate surface area is 334 Å². The van der Waals surface area contributed by atoms with Crippen LogP contribution in [0.1, 0.15) is 0 Å². The van der Waals surface area contributed by atoms with Crippen molar-refractivity contribution in [1.82, 2.24) is 15.0 Å². The van der Waals surface area contributed by atoms with Gasteiger partial charge in [0.25, 0.3) is 0 Å². The van der Waals surface area contributed by atoms with E-state index in [1.807, 2.05) is 35.6 Å². The number of thiophene rings is 1. The van der Waals surface area contributed by atoms with E-state index >= 15 is 0 Å². The first-order chi connectivity index (χ1) is 28.2. The van der Waals surface area contributed by atoms with Gasteiger partial charge >= 0.3 is 0 Å². The summed E-state index contributed by atoms with van der Waals surface area (Å²) < 4.78 is 2.63. The Morgan fingerprint density at radius 1 is 0.316 bits per heavy atom. The number of fused-ring (bicyclic) bond motifs is 7. The van der Waals surface area contributed by atoms with Crippen molar-refractivity contribution in [3.05, 3.63) is 200 Å². The molecule has 0 spiro atoms. The molecule has 0 aliphatic rings. The molecule has 0 saturated heterocycles. The van der Waals surface area contributed by atoms with Crippen LogP contribution >= 0.6 is 11.3 Å². The molecule has 4 heteroatoms. The highest BCUT2D eigenvalue weighted by Gasteiger charge is 2.17. The van der Waals surface area contributed by atoms with E-state index in [-0.39, 0.29) is 0 Å². The smallest absolute Gasteiger partial charge is 0.160 e. The highest BCUT2D eigenvalue weighted by Crippen LogP contribution is 2.43. The van der Waals surface area contributed by atoms with Crippen LogP contribution < -0.4 is 0 Å². The van der Waals surface area contributed by atoms with Gasteiger partial charge < -0.3 is 0 Å². The first-order valence-electron chi connectivity index (χ1n) is 19.2. The van der Waals surface area contributed by atoms with Gasteiger partial charge in [-0.1, -0.05) is 176 Å². The lowest BCUT2D eigenvalue weighted by molar-refractivity contribution is 1.18. The Morgan fingerprint density at radius 3 is 1.61 bits per heavy atom.